The summed E-state index contributed by atoms with van der Waals surface area (Å²) in [7, 11) is 0. The molecule has 0 spiro atoms. The molecule has 0 atom stereocenters. The summed E-state index contributed by atoms with van der Waals surface area (Å²) in [4.78, 5) is 0. The van der Waals surface area contributed by atoms with Crippen LogP contribution < -0.4 is 10.5 Å². The lowest BCUT2D eigenvalue weighted by atomic mass is 10.3. The maximum absolute atomic E-state index is 11.8. The number of phenolic OH excluding ortho intramolecular Hbond substituents is 1. The van der Waals surface area contributed by atoms with Crippen molar-refractivity contribution in [1.82, 2.24) is 0 Å². The van der Waals surface area contributed by atoms with Crippen molar-refractivity contribution >= 4 is 21.6 Å². The quantitative estimate of drug-likeness (QED) is 0.772. The second kappa shape index (κ2) is 3.56. The molecule has 0 saturated heterocycles. The van der Waals surface area contributed by atoms with Crippen LogP contribution in [0, 0.1) is 0 Å². The fourth-order valence-corrected chi connectivity index (χ4v) is 1.10. The summed E-state index contributed by atoms with van der Waals surface area (Å²) in [5.74, 6) is -0.806. The smallest absolute Gasteiger partial charge is 0.507 e. The number of hydrogen-bond donors (Lipinski definition) is 2. The normalized spacial score (nSPS) is 11.4. The van der Waals surface area contributed by atoms with Crippen molar-refractivity contribution in [1.29, 1.82) is 0 Å². The molecule has 3 nitrogen and oxygen atoms in total. The molecule has 0 aliphatic carbocycles. The summed E-state index contributed by atoms with van der Waals surface area (Å²) in [5, 5.41) is 9.06. The van der Waals surface area contributed by atoms with Gasteiger partial charge in [0.15, 0.2) is 5.75 Å². The van der Waals surface area contributed by atoms with Crippen molar-refractivity contribution < 1.29 is 23.0 Å². The molecule has 0 radical (unpaired) electrons. The van der Waals surface area contributed by atoms with Gasteiger partial charge in [-0.1, -0.05) is 0 Å². The number of rotatable bonds is 1. The molecule has 0 aliphatic rings. The number of alkyl halides is 3. The third-order valence-corrected chi connectivity index (χ3v) is 1.94. The molecule has 0 aliphatic heterocycles. The Morgan fingerprint density at radius 1 is 1.36 bits per heavy atom. The van der Waals surface area contributed by atoms with Crippen LogP contribution in [0.15, 0.2) is 16.6 Å². The van der Waals surface area contributed by atoms with Gasteiger partial charge in [0.05, 0.1) is 10.2 Å². The molecular weight excluding hydrogens is 267 g/mol. The highest BCUT2D eigenvalue weighted by Crippen LogP contribution is 2.36. The molecule has 0 aromatic heterocycles. The van der Waals surface area contributed by atoms with E-state index in [9.17, 15) is 13.2 Å². The molecule has 0 heterocycles. The Bertz CT molecular complexity index is 354. The van der Waals surface area contributed by atoms with E-state index in [0.717, 1.165) is 12.1 Å². The van der Waals surface area contributed by atoms with Gasteiger partial charge in [0, 0.05) is 12.1 Å². The fourth-order valence-electron chi connectivity index (χ4n) is 0.773. The van der Waals surface area contributed by atoms with Gasteiger partial charge in [0.25, 0.3) is 0 Å². The number of nitrogens with two attached hydrogens (primary N) is 1. The molecule has 0 fully saturated rings. The Morgan fingerprint density at radius 3 is 2.43 bits per heavy atom. The Kier molecular flexibility index (Phi) is 2.79. The van der Waals surface area contributed by atoms with E-state index in [2.05, 4.69) is 20.7 Å². The standard InChI is InChI=1S/C7H5BrF3NO2/c8-3-1-6(14-7(9,10)11)4(12)2-5(3)13/h1-2,13H,12H2. The van der Waals surface area contributed by atoms with Gasteiger partial charge in [-0.05, 0) is 15.9 Å². The van der Waals surface area contributed by atoms with E-state index < -0.39 is 12.1 Å². The number of halogens is 4. The summed E-state index contributed by atoms with van der Waals surface area (Å²) in [6.07, 6.45) is -4.80. The van der Waals surface area contributed by atoms with Crippen LogP contribution in [0.25, 0.3) is 0 Å². The molecule has 0 bridgehead atoms. The summed E-state index contributed by atoms with van der Waals surface area (Å²) >= 11 is 2.83. The molecule has 7 heteroatoms. The van der Waals surface area contributed by atoms with Crippen LogP contribution in [-0.2, 0) is 0 Å². The van der Waals surface area contributed by atoms with Gasteiger partial charge in [-0.2, -0.15) is 0 Å². The first-order valence-electron chi connectivity index (χ1n) is 3.33. The van der Waals surface area contributed by atoms with Gasteiger partial charge in [-0.25, -0.2) is 0 Å². The molecule has 1 rings (SSSR count). The third-order valence-electron chi connectivity index (χ3n) is 1.30. The number of aromatic hydroxyl groups is 1. The average molecular weight is 272 g/mol. The highest BCUT2D eigenvalue weighted by molar-refractivity contribution is 9.10. The van der Waals surface area contributed by atoms with Crippen LogP contribution >= 0.6 is 15.9 Å². The molecule has 0 unspecified atom stereocenters. The zero-order valence-corrected chi connectivity index (χ0v) is 8.19. The van der Waals surface area contributed by atoms with Crippen molar-refractivity contribution in [3.05, 3.63) is 16.6 Å². The predicted molar refractivity (Wildman–Crippen MR) is 46.9 cm³/mol. The molecule has 14 heavy (non-hydrogen) atoms. The molecule has 0 saturated carbocycles. The lowest BCUT2D eigenvalue weighted by Crippen LogP contribution is -2.18. The zero-order chi connectivity index (χ0) is 10.9. The number of ether oxygens (including phenoxy) is 1. The van der Waals surface area contributed by atoms with Gasteiger partial charge < -0.3 is 15.6 Å². The summed E-state index contributed by atoms with van der Waals surface area (Å²) < 4.78 is 39.1. The van der Waals surface area contributed by atoms with E-state index in [4.69, 9.17) is 10.8 Å². The molecule has 1 aromatic rings. The lowest BCUT2D eigenvalue weighted by molar-refractivity contribution is -0.274. The minimum absolute atomic E-state index is 0.0750. The first kappa shape index (κ1) is 11.0. The van der Waals surface area contributed by atoms with Crippen molar-refractivity contribution in [2.75, 3.05) is 5.73 Å². The number of hydrogen-bond acceptors (Lipinski definition) is 3. The summed E-state index contributed by atoms with van der Waals surface area (Å²) in [6.45, 7) is 0. The molecule has 0 amide bonds. The lowest BCUT2D eigenvalue weighted by Gasteiger charge is -2.11. The van der Waals surface area contributed by atoms with E-state index in [-0.39, 0.29) is 15.9 Å². The Labute approximate surface area is 85.4 Å². The van der Waals surface area contributed by atoms with Crippen LogP contribution in [0.1, 0.15) is 0 Å². The third kappa shape index (κ3) is 2.69. The summed E-state index contributed by atoms with van der Waals surface area (Å²) in [6, 6.07) is 1.91. The van der Waals surface area contributed by atoms with Crippen LogP contribution in [0.2, 0.25) is 0 Å². The average Bonchev–Trinajstić information content (AvgIpc) is 1.97. The van der Waals surface area contributed by atoms with Crippen LogP contribution in [0.4, 0.5) is 18.9 Å². The zero-order valence-electron chi connectivity index (χ0n) is 6.60. The monoisotopic (exact) mass is 271 g/mol. The Balaban J connectivity index is 3.04. The first-order chi connectivity index (χ1) is 6.29. The second-order valence-electron chi connectivity index (χ2n) is 2.39. The molecular formula is C7H5BrF3NO2. The van der Waals surface area contributed by atoms with Crippen molar-refractivity contribution in [3.63, 3.8) is 0 Å². The molecule has 1 aromatic carbocycles. The highest BCUT2D eigenvalue weighted by Gasteiger charge is 2.32. The van der Waals surface area contributed by atoms with Crippen molar-refractivity contribution in [2.24, 2.45) is 0 Å². The number of anilines is 1. The maximum Gasteiger partial charge on any atom is 0.573 e. The maximum atomic E-state index is 11.8. The van der Waals surface area contributed by atoms with Crippen LogP contribution in [-0.4, -0.2) is 11.5 Å². The molecule has 78 valence electrons. The minimum Gasteiger partial charge on any atom is -0.507 e. The summed E-state index contributed by atoms with van der Waals surface area (Å²) in [5.41, 5.74) is 4.90. The Hall–Kier alpha value is -1.11. The Morgan fingerprint density at radius 2 is 1.93 bits per heavy atom. The van der Waals surface area contributed by atoms with E-state index >= 15 is 0 Å². The van der Waals surface area contributed by atoms with Crippen molar-refractivity contribution in [3.8, 4) is 11.5 Å². The number of phenols is 1. The second-order valence-corrected chi connectivity index (χ2v) is 3.24. The number of benzene rings is 1. The van der Waals surface area contributed by atoms with Gasteiger partial charge >= 0.3 is 6.36 Å². The topological polar surface area (TPSA) is 55.5 Å². The van der Waals surface area contributed by atoms with E-state index in [1.54, 1.807) is 0 Å². The van der Waals surface area contributed by atoms with Crippen LogP contribution in [0.5, 0.6) is 11.5 Å². The molecule has 3 N–H and O–H groups in total. The fraction of sp³-hybridized carbons (Fsp3) is 0.143. The minimum atomic E-state index is -4.80. The first-order valence-corrected chi connectivity index (χ1v) is 4.12. The predicted octanol–water partition coefficient (Wildman–Crippen LogP) is 2.64. The van der Waals surface area contributed by atoms with Gasteiger partial charge in [-0.3, -0.25) is 0 Å². The van der Waals surface area contributed by atoms with Crippen LogP contribution in [0.3, 0.4) is 0 Å². The highest BCUT2D eigenvalue weighted by atomic mass is 79.9. The number of nitrogen functional groups attached to an aromatic ring is 1. The largest absolute Gasteiger partial charge is 0.573 e. The SMILES string of the molecule is Nc1cc(O)c(Br)cc1OC(F)(F)F. The van der Waals surface area contributed by atoms with Crippen molar-refractivity contribution in [2.45, 2.75) is 6.36 Å². The van der Waals surface area contributed by atoms with Gasteiger partial charge in [0.1, 0.15) is 5.75 Å². The van der Waals surface area contributed by atoms with E-state index in [1.807, 2.05) is 0 Å². The van der Waals surface area contributed by atoms with Gasteiger partial charge in [0.2, 0.25) is 0 Å². The van der Waals surface area contributed by atoms with E-state index in [0.29, 0.717) is 0 Å². The van der Waals surface area contributed by atoms with E-state index in [1.165, 1.54) is 0 Å². The van der Waals surface area contributed by atoms with Gasteiger partial charge in [-0.15, -0.1) is 13.2 Å².